The second kappa shape index (κ2) is 5.11. The molecule has 2 N–H and O–H groups in total. The molecule has 0 aliphatic carbocycles. The van der Waals surface area contributed by atoms with E-state index in [0.29, 0.717) is 11.3 Å². The summed E-state index contributed by atoms with van der Waals surface area (Å²) in [7, 11) is 0. The molecule has 88 valence electrons. The van der Waals surface area contributed by atoms with E-state index in [2.05, 4.69) is 15.3 Å². The van der Waals surface area contributed by atoms with Crippen LogP contribution in [0.3, 0.4) is 0 Å². The number of H-pyrrole nitrogens is 1. The minimum absolute atomic E-state index is 0.138. The number of aromatic amines is 1. The molecule has 2 heterocycles. The van der Waals surface area contributed by atoms with Crippen molar-refractivity contribution >= 4 is 28.8 Å². The van der Waals surface area contributed by atoms with Gasteiger partial charge in [0.1, 0.15) is 5.15 Å². The summed E-state index contributed by atoms with van der Waals surface area (Å²) in [6.07, 6.45) is 1.46. The van der Waals surface area contributed by atoms with Gasteiger partial charge in [0.15, 0.2) is 0 Å². The molecule has 0 aromatic carbocycles. The standard InChI is InChI=1S/C10H8ClN3O2S/c11-8-3-6(1-2-12-8)9(15)13-4-7-5-17-10(16)14-7/h1-3,5H,4H2,(H,13,15)(H,14,16). The molecule has 2 aromatic rings. The fourth-order valence-corrected chi connectivity index (χ4v) is 1.98. The molecule has 1 amide bonds. The smallest absolute Gasteiger partial charge is 0.304 e. The molecule has 0 aliphatic heterocycles. The van der Waals surface area contributed by atoms with Crippen molar-refractivity contribution in [3.63, 3.8) is 0 Å². The van der Waals surface area contributed by atoms with E-state index in [4.69, 9.17) is 11.6 Å². The second-order valence-electron chi connectivity index (χ2n) is 3.22. The van der Waals surface area contributed by atoms with Crippen LogP contribution in [0.4, 0.5) is 0 Å². The molecule has 5 nitrogen and oxygen atoms in total. The highest BCUT2D eigenvalue weighted by Crippen LogP contribution is 2.07. The monoisotopic (exact) mass is 269 g/mol. The number of aromatic nitrogens is 2. The van der Waals surface area contributed by atoms with Gasteiger partial charge in [0.25, 0.3) is 5.91 Å². The molecule has 0 fully saturated rings. The molecule has 17 heavy (non-hydrogen) atoms. The molecule has 0 aliphatic rings. The van der Waals surface area contributed by atoms with Crippen LogP contribution >= 0.6 is 22.9 Å². The number of amides is 1. The molecule has 0 bridgehead atoms. The van der Waals surface area contributed by atoms with Gasteiger partial charge in [0.2, 0.25) is 0 Å². The quantitative estimate of drug-likeness (QED) is 0.828. The first-order valence-electron chi connectivity index (χ1n) is 4.71. The lowest BCUT2D eigenvalue weighted by Crippen LogP contribution is -2.23. The Kier molecular flexibility index (Phi) is 3.55. The summed E-state index contributed by atoms with van der Waals surface area (Å²) < 4.78 is 0. The first-order chi connectivity index (χ1) is 8.15. The SMILES string of the molecule is O=C(NCc1csc(=O)[nH]1)c1ccnc(Cl)c1. The van der Waals surface area contributed by atoms with E-state index in [9.17, 15) is 9.59 Å². The molecule has 7 heteroatoms. The number of hydrogen-bond donors (Lipinski definition) is 2. The average Bonchev–Trinajstić information content (AvgIpc) is 2.72. The van der Waals surface area contributed by atoms with Crippen LogP contribution in [-0.4, -0.2) is 15.9 Å². The topological polar surface area (TPSA) is 74.8 Å². The van der Waals surface area contributed by atoms with Crippen LogP contribution in [0.25, 0.3) is 0 Å². The van der Waals surface area contributed by atoms with E-state index in [1.165, 1.54) is 12.3 Å². The van der Waals surface area contributed by atoms with Crippen molar-refractivity contribution in [3.05, 3.63) is 49.8 Å². The van der Waals surface area contributed by atoms with Gasteiger partial charge in [-0.3, -0.25) is 9.59 Å². The van der Waals surface area contributed by atoms with E-state index < -0.39 is 0 Å². The third-order valence-electron chi connectivity index (χ3n) is 2.00. The fraction of sp³-hybridized carbons (Fsp3) is 0.100. The molecule has 0 saturated heterocycles. The Labute approximate surface area is 105 Å². The molecule has 0 spiro atoms. The van der Waals surface area contributed by atoms with E-state index >= 15 is 0 Å². The van der Waals surface area contributed by atoms with Gasteiger partial charge in [-0.2, -0.15) is 0 Å². The molecular formula is C10H8ClN3O2S. The summed E-state index contributed by atoms with van der Waals surface area (Å²) in [6.45, 7) is 0.275. The van der Waals surface area contributed by atoms with Crippen molar-refractivity contribution in [2.45, 2.75) is 6.54 Å². The van der Waals surface area contributed by atoms with Crippen LogP contribution in [0, 0.1) is 0 Å². The van der Waals surface area contributed by atoms with E-state index in [-0.39, 0.29) is 22.5 Å². The average molecular weight is 270 g/mol. The number of thiazole rings is 1. The molecule has 0 saturated carbocycles. The predicted molar refractivity (Wildman–Crippen MR) is 65.4 cm³/mol. The van der Waals surface area contributed by atoms with Gasteiger partial charge in [-0.15, -0.1) is 0 Å². The number of hydrogen-bond acceptors (Lipinski definition) is 4. The lowest BCUT2D eigenvalue weighted by atomic mass is 10.2. The van der Waals surface area contributed by atoms with Crippen molar-refractivity contribution in [1.29, 1.82) is 0 Å². The number of nitrogens with zero attached hydrogens (tertiary/aromatic N) is 1. The van der Waals surface area contributed by atoms with E-state index in [1.54, 1.807) is 11.4 Å². The normalized spacial score (nSPS) is 10.2. The first-order valence-corrected chi connectivity index (χ1v) is 5.97. The summed E-state index contributed by atoms with van der Waals surface area (Å²) >= 11 is 6.73. The summed E-state index contributed by atoms with van der Waals surface area (Å²) in [5.74, 6) is -0.263. The van der Waals surface area contributed by atoms with Gasteiger partial charge in [-0.1, -0.05) is 22.9 Å². The molecule has 0 radical (unpaired) electrons. The Morgan fingerprint density at radius 2 is 2.41 bits per heavy atom. The van der Waals surface area contributed by atoms with Crippen molar-refractivity contribution < 1.29 is 4.79 Å². The fourth-order valence-electron chi connectivity index (χ4n) is 1.22. The van der Waals surface area contributed by atoms with Crippen LogP contribution in [0.2, 0.25) is 5.15 Å². The van der Waals surface area contributed by atoms with Crippen LogP contribution in [0.5, 0.6) is 0 Å². The van der Waals surface area contributed by atoms with Crippen LogP contribution in [0.1, 0.15) is 16.1 Å². The Morgan fingerprint density at radius 3 is 3.06 bits per heavy atom. The highest BCUT2D eigenvalue weighted by atomic mass is 35.5. The highest BCUT2D eigenvalue weighted by molar-refractivity contribution is 7.07. The van der Waals surface area contributed by atoms with Crippen molar-refractivity contribution in [1.82, 2.24) is 15.3 Å². The van der Waals surface area contributed by atoms with Crippen LogP contribution in [-0.2, 0) is 6.54 Å². The Balaban J connectivity index is 2.00. The van der Waals surface area contributed by atoms with E-state index in [0.717, 1.165) is 11.3 Å². The highest BCUT2D eigenvalue weighted by Gasteiger charge is 2.06. The zero-order valence-electron chi connectivity index (χ0n) is 8.57. The van der Waals surface area contributed by atoms with Gasteiger partial charge in [-0.05, 0) is 12.1 Å². The summed E-state index contributed by atoms with van der Waals surface area (Å²) in [5.41, 5.74) is 1.11. The van der Waals surface area contributed by atoms with Gasteiger partial charge in [0.05, 0.1) is 6.54 Å². The second-order valence-corrected chi connectivity index (χ2v) is 4.45. The van der Waals surface area contributed by atoms with Gasteiger partial charge < -0.3 is 10.3 Å². The van der Waals surface area contributed by atoms with Gasteiger partial charge in [-0.25, -0.2) is 4.98 Å². The lowest BCUT2D eigenvalue weighted by molar-refractivity contribution is 0.0950. The number of carbonyl (C=O) groups is 1. The van der Waals surface area contributed by atoms with Crippen molar-refractivity contribution in [2.75, 3.05) is 0 Å². The summed E-state index contributed by atoms with van der Waals surface area (Å²) in [4.78, 5) is 28.8. The molecule has 2 rings (SSSR count). The third-order valence-corrected chi connectivity index (χ3v) is 2.92. The molecular weight excluding hydrogens is 262 g/mol. The largest absolute Gasteiger partial charge is 0.346 e. The third kappa shape index (κ3) is 3.15. The maximum absolute atomic E-state index is 11.7. The lowest BCUT2D eigenvalue weighted by Gasteiger charge is -2.03. The Hall–Kier alpha value is -1.66. The van der Waals surface area contributed by atoms with Gasteiger partial charge >= 0.3 is 4.87 Å². The number of rotatable bonds is 3. The maximum atomic E-state index is 11.7. The number of carbonyl (C=O) groups excluding carboxylic acids is 1. The number of nitrogens with one attached hydrogen (secondary N) is 2. The number of halogens is 1. The molecule has 2 aromatic heterocycles. The van der Waals surface area contributed by atoms with Gasteiger partial charge in [0, 0.05) is 22.8 Å². The zero-order valence-corrected chi connectivity index (χ0v) is 10.1. The summed E-state index contributed by atoms with van der Waals surface area (Å²) in [6, 6.07) is 3.05. The Bertz CT molecular complexity index is 593. The minimum Gasteiger partial charge on any atom is -0.346 e. The zero-order chi connectivity index (χ0) is 12.3. The van der Waals surface area contributed by atoms with Crippen LogP contribution in [0.15, 0.2) is 28.5 Å². The van der Waals surface area contributed by atoms with Crippen molar-refractivity contribution in [3.8, 4) is 0 Å². The minimum atomic E-state index is -0.263. The Morgan fingerprint density at radius 1 is 1.59 bits per heavy atom. The van der Waals surface area contributed by atoms with E-state index in [1.807, 2.05) is 0 Å². The summed E-state index contributed by atoms with van der Waals surface area (Å²) in [5, 5.41) is 4.60. The molecule has 0 atom stereocenters. The number of pyridine rings is 1. The first kappa shape index (κ1) is 11.8. The van der Waals surface area contributed by atoms with Crippen molar-refractivity contribution in [2.24, 2.45) is 0 Å². The van der Waals surface area contributed by atoms with Crippen LogP contribution < -0.4 is 10.2 Å². The predicted octanol–water partition coefficient (Wildman–Crippen LogP) is 1.41. The maximum Gasteiger partial charge on any atom is 0.304 e. The molecule has 0 unspecified atom stereocenters.